The first-order valence-electron chi connectivity index (χ1n) is 11.5. The topological polar surface area (TPSA) is 85.0 Å². The number of aliphatic imine (C=N–C) groups is 1. The average molecular weight is 413 g/mol. The summed E-state index contributed by atoms with van der Waals surface area (Å²) in [6.07, 6.45) is 9.17. The Morgan fingerprint density at radius 3 is 2.83 bits per heavy atom. The summed E-state index contributed by atoms with van der Waals surface area (Å²) in [6, 6.07) is 2.70. The van der Waals surface area contributed by atoms with Crippen LogP contribution >= 0.6 is 0 Å². The van der Waals surface area contributed by atoms with Gasteiger partial charge < -0.3 is 15.2 Å². The van der Waals surface area contributed by atoms with Gasteiger partial charge in [-0.3, -0.25) is 9.67 Å². The summed E-state index contributed by atoms with van der Waals surface area (Å²) in [4.78, 5) is 4.90. The maximum absolute atomic E-state index is 4.90. The number of nitrogens with zero attached hydrogens (tertiary/aromatic N) is 6. The molecule has 2 saturated carbocycles. The molecule has 2 aromatic heterocycles. The Bertz CT molecular complexity index is 851. The molecule has 164 valence electrons. The zero-order valence-electron chi connectivity index (χ0n) is 18.6. The van der Waals surface area contributed by atoms with E-state index in [9.17, 15) is 0 Å². The fourth-order valence-corrected chi connectivity index (χ4v) is 5.10. The third-order valence-electron chi connectivity index (χ3n) is 6.62. The van der Waals surface area contributed by atoms with Crippen molar-refractivity contribution in [3.8, 4) is 0 Å². The lowest BCUT2D eigenvalue weighted by molar-refractivity contribution is 0.386. The Labute approximate surface area is 179 Å². The Morgan fingerprint density at radius 2 is 2.13 bits per heavy atom. The summed E-state index contributed by atoms with van der Waals surface area (Å²) < 4.78 is 4.20. The maximum atomic E-state index is 4.90. The molecule has 0 amide bonds. The molecular formula is C22H36N8. The van der Waals surface area contributed by atoms with Crippen molar-refractivity contribution in [2.24, 2.45) is 16.8 Å². The molecule has 2 aliphatic carbocycles. The van der Waals surface area contributed by atoms with E-state index in [0.717, 1.165) is 68.3 Å². The number of guanidine groups is 1. The quantitative estimate of drug-likeness (QED) is 0.375. The highest BCUT2D eigenvalue weighted by molar-refractivity contribution is 5.80. The number of aromatic nitrogens is 5. The number of aryl methyl sites for hydroxylation is 4. The molecule has 0 spiro atoms. The first-order valence-corrected chi connectivity index (χ1v) is 11.5. The molecule has 30 heavy (non-hydrogen) atoms. The summed E-state index contributed by atoms with van der Waals surface area (Å²) in [5.74, 6) is 3.72. The Morgan fingerprint density at radius 1 is 1.23 bits per heavy atom. The van der Waals surface area contributed by atoms with Crippen molar-refractivity contribution in [3.05, 3.63) is 29.6 Å². The van der Waals surface area contributed by atoms with Crippen LogP contribution in [0.3, 0.4) is 0 Å². The van der Waals surface area contributed by atoms with Crippen LogP contribution in [0.2, 0.25) is 0 Å². The van der Waals surface area contributed by atoms with Gasteiger partial charge in [0.25, 0.3) is 0 Å². The largest absolute Gasteiger partial charge is 0.355 e. The van der Waals surface area contributed by atoms with Crippen molar-refractivity contribution in [3.63, 3.8) is 0 Å². The number of hydrogen-bond acceptors (Lipinski definition) is 4. The van der Waals surface area contributed by atoms with E-state index >= 15 is 0 Å². The molecular weight excluding hydrogens is 376 g/mol. The lowest BCUT2D eigenvalue weighted by atomic mass is 9.95. The zero-order valence-corrected chi connectivity index (χ0v) is 18.6. The van der Waals surface area contributed by atoms with E-state index in [4.69, 9.17) is 4.99 Å². The van der Waals surface area contributed by atoms with Gasteiger partial charge in [0.2, 0.25) is 0 Å². The third kappa shape index (κ3) is 5.02. The van der Waals surface area contributed by atoms with E-state index in [1.165, 1.54) is 31.4 Å². The Hall–Kier alpha value is -2.38. The second-order valence-electron chi connectivity index (χ2n) is 8.88. The number of hydrogen-bond donors (Lipinski definition) is 2. The average Bonchev–Trinajstić information content (AvgIpc) is 3.50. The first kappa shape index (κ1) is 20.9. The van der Waals surface area contributed by atoms with E-state index < -0.39 is 0 Å². The van der Waals surface area contributed by atoms with Gasteiger partial charge in [-0.05, 0) is 57.4 Å². The fourth-order valence-electron chi connectivity index (χ4n) is 5.10. The van der Waals surface area contributed by atoms with Crippen LogP contribution in [0.15, 0.2) is 17.4 Å². The van der Waals surface area contributed by atoms with Crippen LogP contribution in [-0.2, 0) is 19.5 Å². The summed E-state index contributed by atoms with van der Waals surface area (Å²) in [5.41, 5.74) is 2.30. The molecule has 4 rings (SSSR count). The van der Waals surface area contributed by atoms with E-state index in [0.29, 0.717) is 6.04 Å². The molecule has 8 nitrogen and oxygen atoms in total. The molecule has 8 heteroatoms. The summed E-state index contributed by atoms with van der Waals surface area (Å²) in [7, 11) is 0. The second-order valence-corrected chi connectivity index (χ2v) is 8.88. The van der Waals surface area contributed by atoms with Crippen molar-refractivity contribution >= 4 is 5.96 Å². The van der Waals surface area contributed by atoms with Gasteiger partial charge in [0.15, 0.2) is 5.96 Å². The second kappa shape index (κ2) is 9.62. The van der Waals surface area contributed by atoms with Gasteiger partial charge in [0.05, 0.1) is 5.69 Å². The smallest absolute Gasteiger partial charge is 0.191 e. The third-order valence-corrected chi connectivity index (χ3v) is 6.62. The maximum Gasteiger partial charge on any atom is 0.191 e. The van der Waals surface area contributed by atoms with Crippen molar-refractivity contribution in [2.45, 2.75) is 78.4 Å². The molecule has 0 aromatic carbocycles. The van der Waals surface area contributed by atoms with Crippen LogP contribution in [0.25, 0.3) is 0 Å². The van der Waals surface area contributed by atoms with E-state index in [1.54, 1.807) is 0 Å². The molecule has 0 radical (unpaired) electrons. The van der Waals surface area contributed by atoms with Gasteiger partial charge in [-0.1, -0.05) is 13.3 Å². The van der Waals surface area contributed by atoms with E-state index in [1.807, 2.05) is 13.3 Å². The van der Waals surface area contributed by atoms with Gasteiger partial charge in [-0.2, -0.15) is 5.10 Å². The minimum Gasteiger partial charge on any atom is -0.355 e. The van der Waals surface area contributed by atoms with Crippen LogP contribution in [0.1, 0.15) is 56.2 Å². The van der Waals surface area contributed by atoms with E-state index in [2.05, 4.69) is 55.1 Å². The standard InChI is InChI=1S/C22H36N8/c1-4-21-27-25-15-29(21)11-9-24-22(26-20-14-18-6-7-19(20)13-18)23-8-5-10-30-17(3)12-16(2)28-30/h12,15,18-20H,4-11,13-14H2,1-3H3,(H2,23,24,26). The molecule has 2 aliphatic rings. The summed E-state index contributed by atoms with van der Waals surface area (Å²) in [6.45, 7) is 9.63. The van der Waals surface area contributed by atoms with Gasteiger partial charge in [0, 0.05) is 44.3 Å². The lowest BCUT2D eigenvalue weighted by Crippen LogP contribution is -2.46. The molecule has 3 unspecified atom stereocenters. The minimum absolute atomic E-state index is 0.576. The van der Waals surface area contributed by atoms with Crippen LogP contribution in [-0.4, -0.2) is 49.6 Å². The SMILES string of the molecule is CCc1nncn1CCNC(=NCCCn1nc(C)cc1C)NC1CC2CCC1C2. The monoisotopic (exact) mass is 412 g/mol. The van der Waals surface area contributed by atoms with Gasteiger partial charge in [0.1, 0.15) is 12.2 Å². The lowest BCUT2D eigenvalue weighted by Gasteiger charge is -2.25. The van der Waals surface area contributed by atoms with Crippen LogP contribution < -0.4 is 10.6 Å². The zero-order chi connectivity index (χ0) is 20.9. The van der Waals surface area contributed by atoms with E-state index in [-0.39, 0.29) is 0 Å². The Kier molecular flexibility index (Phi) is 6.69. The number of fused-ring (bicyclic) bond motifs is 2. The van der Waals surface area contributed by atoms with Crippen LogP contribution in [0.5, 0.6) is 0 Å². The fraction of sp³-hybridized carbons (Fsp3) is 0.727. The van der Waals surface area contributed by atoms with Gasteiger partial charge in [-0.25, -0.2) is 0 Å². The van der Waals surface area contributed by atoms with Crippen molar-refractivity contribution in [1.29, 1.82) is 0 Å². The molecule has 2 bridgehead atoms. The minimum atomic E-state index is 0.576. The molecule has 0 saturated heterocycles. The van der Waals surface area contributed by atoms with Crippen LogP contribution in [0.4, 0.5) is 0 Å². The summed E-state index contributed by atoms with van der Waals surface area (Å²) >= 11 is 0. The molecule has 3 atom stereocenters. The molecule has 2 fully saturated rings. The molecule has 0 aliphatic heterocycles. The molecule has 2 heterocycles. The van der Waals surface area contributed by atoms with Gasteiger partial charge in [-0.15, -0.1) is 10.2 Å². The summed E-state index contributed by atoms with van der Waals surface area (Å²) in [5, 5.41) is 20.0. The number of nitrogens with one attached hydrogen (secondary N) is 2. The highest BCUT2D eigenvalue weighted by Gasteiger charge is 2.39. The first-order chi connectivity index (χ1) is 14.6. The normalized spacial score (nSPS) is 23.3. The molecule has 2 N–H and O–H groups in total. The highest BCUT2D eigenvalue weighted by Crippen LogP contribution is 2.44. The van der Waals surface area contributed by atoms with Gasteiger partial charge >= 0.3 is 0 Å². The van der Waals surface area contributed by atoms with Crippen molar-refractivity contribution < 1.29 is 0 Å². The van der Waals surface area contributed by atoms with Crippen LogP contribution in [0, 0.1) is 25.7 Å². The number of rotatable bonds is 9. The van der Waals surface area contributed by atoms with Crippen molar-refractivity contribution in [2.75, 3.05) is 13.1 Å². The molecule has 2 aromatic rings. The predicted octanol–water partition coefficient (Wildman–Crippen LogP) is 2.47. The van der Waals surface area contributed by atoms with Crippen molar-refractivity contribution in [1.82, 2.24) is 35.2 Å². The highest BCUT2D eigenvalue weighted by atomic mass is 15.3. The Balaban J connectivity index is 1.31. The predicted molar refractivity (Wildman–Crippen MR) is 118 cm³/mol.